The Balaban J connectivity index is 2.03. The molecule has 2 rings (SSSR count). The van der Waals surface area contributed by atoms with Gasteiger partial charge in [-0.3, -0.25) is 9.59 Å². The second-order valence-electron chi connectivity index (χ2n) is 4.31. The zero-order chi connectivity index (χ0) is 13.8. The van der Waals surface area contributed by atoms with Gasteiger partial charge in [-0.15, -0.1) is 0 Å². The van der Waals surface area contributed by atoms with Gasteiger partial charge in [-0.05, 0) is 30.9 Å². The molecule has 1 fully saturated rings. The van der Waals surface area contributed by atoms with E-state index >= 15 is 0 Å². The van der Waals surface area contributed by atoms with E-state index in [0.29, 0.717) is 23.7 Å². The Labute approximate surface area is 121 Å². The molecule has 0 bridgehead atoms. The topological polar surface area (TPSA) is 49.4 Å². The molecule has 0 aliphatic carbocycles. The third-order valence-electron chi connectivity index (χ3n) is 2.94. The van der Waals surface area contributed by atoms with Crippen molar-refractivity contribution in [2.75, 3.05) is 23.5 Å². The first-order valence-corrected chi connectivity index (χ1v) is 7.74. The molecule has 1 unspecified atom stereocenters. The van der Waals surface area contributed by atoms with Gasteiger partial charge in [0.15, 0.2) is 0 Å². The smallest absolute Gasteiger partial charge is 0.249 e. The summed E-state index contributed by atoms with van der Waals surface area (Å²) in [7, 11) is 0. The third kappa shape index (κ3) is 3.42. The second-order valence-corrected chi connectivity index (χ2v) is 5.61. The van der Waals surface area contributed by atoms with Crippen LogP contribution in [0.2, 0.25) is 5.02 Å². The van der Waals surface area contributed by atoms with Crippen LogP contribution < -0.4 is 10.2 Å². The van der Waals surface area contributed by atoms with Crippen LogP contribution in [-0.4, -0.2) is 36.4 Å². The van der Waals surface area contributed by atoms with Crippen LogP contribution >= 0.6 is 23.4 Å². The van der Waals surface area contributed by atoms with E-state index < -0.39 is 6.04 Å². The van der Waals surface area contributed by atoms with Gasteiger partial charge in [-0.2, -0.15) is 11.8 Å². The Kier molecular flexibility index (Phi) is 4.71. The number of nitrogens with one attached hydrogen (secondary N) is 1. The highest BCUT2D eigenvalue weighted by Gasteiger charge is 2.33. The van der Waals surface area contributed by atoms with E-state index in [-0.39, 0.29) is 11.8 Å². The summed E-state index contributed by atoms with van der Waals surface area (Å²) < 4.78 is 0. The van der Waals surface area contributed by atoms with Gasteiger partial charge in [0.05, 0.1) is 5.75 Å². The Morgan fingerprint density at radius 3 is 3.05 bits per heavy atom. The van der Waals surface area contributed by atoms with E-state index in [0.717, 1.165) is 5.69 Å². The first-order valence-electron chi connectivity index (χ1n) is 5.97. The molecule has 1 saturated heterocycles. The quantitative estimate of drug-likeness (QED) is 0.924. The minimum atomic E-state index is -0.418. The van der Waals surface area contributed by atoms with Gasteiger partial charge < -0.3 is 10.2 Å². The molecular formula is C13H15ClN2O2S. The average molecular weight is 299 g/mol. The van der Waals surface area contributed by atoms with Crippen molar-refractivity contribution < 1.29 is 9.59 Å². The summed E-state index contributed by atoms with van der Waals surface area (Å²) in [6.07, 6.45) is 2.49. The molecule has 6 heteroatoms. The summed E-state index contributed by atoms with van der Waals surface area (Å²) in [4.78, 5) is 25.4. The number of amides is 2. The fraction of sp³-hybridized carbons (Fsp3) is 0.385. The number of anilines is 1. The summed E-state index contributed by atoms with van der Waals surface area (Å²) in [5.41, 5.74) is 0.777. The molecule has 0 radical (unpaired) electrons. The van der Waals surface area contributed by atoms with Crippen LogP contribution in [0.3, 0.4) is 0 Å². The minimum Gasteiger partial charge on any atom is -0.343 e. The molecule has 102 valence electrons. The maximum Gasteiger partial charge on any atom is 0.249 e. The highest BCUT2D eigenvalue weighted by Crippen LogP contribution is 2.24. The number of carbonyl (C=O) groups excluding carboxylic acids is 2. The van der Waals surface area contributed by atoms with Gasteiger partial charge in [0.25, 0.3) is 0 Å². The number of benzene rings is 1. The monoisotopic (exact) mass is 298 g/mol. The van der Waals surface area contributed by atoms with Crippen molar-refractivity contribution in [1.29, 1.82) is 0 Å². The molecular weight excluding hydrogens is 284 g/mol. The largest absolute Gasteiger partial charge is 0.343 e. The van der Waals surface area contributed by atoms with E-state index in [1.54, 1.807) is 17.0 Å². The molecule has 1 heterocycles. The number of rotatable bonds is 4. The van der Waals surface area contributed by atoms with Crippen molar-refractivity contribution in [1.82, 2.24) is 5.32 Å². The van der Waals surface area contributed by atoms with Crippen LogP contribution in [0.15, 0.2) is 24.3 Å². The van der Waals surface area contributed by atoms with Crippen molar-refractivity contribution in [2.24, 2.45) is 0 Å². The Morgan fingerprint density at radius 2 is 2.37 bits per heavy atom. The van der Waals surface area contributed by atoms with E-state index in [1.165, 1.54) is 11.8 Å². The fourth-order valence-corrected chi connectivity index (χ4v) is 2.61. The first kappa shape index (κ1) is 14.2. The Bertz CT molecular complexity index is 495. The van der Waals surface area contributed by atoms with Crippen molar-refractivity contribution in [3.8, 4) is 0 Å². The molecule has 1 N–H and O–H groups in total. The van der Waals surface area contributed by atoms with Crippen molar-refractivity contribution in [2.45, 2.75) is 12.5 Å². The predicted octanol–water partition coefficient (Wildman–Crippen LogP) is 1.92. The number of carbonyl (C=O) groups is 2. The molecule has 19 heavy (non-hydrogen) atoms. The van der Waals surface area contributed by atoms with E-state index in [9.17, 15) is 9.59 Å². The summed E-state index contributed by atoms with van der Waals surface area (Å²) >= 11 is 7.36. The van der Waals surface area contributed by atoms with Crippen molar-refractivity contribution >= 4 is 40.9 Å². The molecule has 4 nitrogen and oxygen atoms in total. The van der Waals surface area contributed by atoms with Gasteiger partial charge in [0.2, 0.25) is 11.8 Å². The van der Waals surface area contributed by atoms with Crippen molar-refractivity contribution in [3.63, 3.8) is 0 Å². The zero-order valence-corrected chi connectivity index (χ0v) is 12.1. The Morgan fingerprint density at radius 1 is 1.58 bits per heavy atom. The van der Waals surface area contributed by atoms with Crippen LogP contribution in [-0.2, 0) is 9.59 Å². The number of thioether (sulfide) groups is 1. The maximum atomic E-state index is 12.2. The van der Waals surface area contributed by atoms with Crippen LogP contribution in [0.5, 0.6) is 0 Å². The van der Waals surface area contributed by atoms with Crippen LogP contribution in [0, 0.1) is 0 Å². The van der Waals surface area contributed by atoms with E-state index in [1.807, 2.05) is 18.4 Å². The van der Waals surface area contributed by atoms with Gasteiger partial charge in [-0.25, -0.2) is 0 Å². The average Bonchev–Trinajstić information content (AvgIpc) is 2.71. The molecule has 1 aliphatic rings. The van der Waals surface area contributed by atoms with Crippen LogP contribution in [0.25, 0.3) is 0 Å². The lowest BCUT2D eigenvalue weighted by Gasteiger charge is -2.17. The molecule has 1 aromatic carbocycles. The van der Waals surface area contributed by atoms with Gasteiger partial charge in [0.1, 0.15) is 6.04 Å². The fourth-order valence-electron chi connectivity index (χ4n) is 2.08. The van der Waals surface area contributed by atoms with Gasteiger partial charge in [0, 0.05) is 17.3 Å². The maximum absolute atomic E-state index is 12.2. The highest BCUT2D eigenvalue weighted by atomic mass is 35.5. The van der Waals surface area contributed by atoms with Crippen LogP contribution in [0.1, 0.15) is 6.42 Å². The Hall–Kier alpha value is -1.20. The van der Waals surface area contributed by atoms with Gasteiger partial charge in [-0.1, -0.05) is 17.7 Å². The number of nitrogens with zero attached hydrogens (tertiary/aromatic N) is 1. The summed E-state index contributed by atoms with van der Waals surface area (Å²) in [5, 5.41) is 3.36. The number of halogens is 1. The molecule has 2 amide bonds. The minimum absolute atomic E-state index is 0.0725. The zero-order valence-electron chi connectivity index (χ0n) is 10.6. The molecule has 1 aromatic rings. The van der Waals surface area contributed by atoms with Gasteiger partial charge >= 0.3 is 0 Å². The lowest BCUT2D eigenvalue weighted by atomic mass is 10.2. The van der Waals surface area contributed by atoms with E-state index in [2.05, 4.69) is 5.32 Å². The normalized spacial score (nSPS) is 18.7. The van der Waals surface area contributed by atoms with Crippen molar-refractivity contribution in [3.05, 3.63) is 29.3 Å². The lowest BCUT2D eigenvalue weighted by Crippen LogP contribution is -2.42. The summed E-state index contributed by atoms with van der Waals surface area (Å²) in [6, 6.07) is 6.76. The molecule has 1 aliphatic heterocycles. The highest BCUT2D eigenvalue weighted by molar-refractivity contribution is 7.99. The van der Waals surface area contributed by atoms with Crippen LogP contribution in [0.4, 0.5) is 5.69 Å². The lowest BCUT2D eigenvalue weighted by molar-refractivity contribution is -0.124. The predicted molar refractivity (Wildman–Crippen MR) is 78.7 cm³/mol. The molecule has 0 saturated carbocycles. The number of hydrogen-bond acceptors (Lipinski definition) is 3. The van der Waals surface area contributed by atoms with E-state index in [4.69, 9.17) is 11.6 Å². The number of hydrogen-bond donors (Lipinski definition) is 1. The standard InChI is InChI=1S/C13H15ClN2O2S/c1-19-8-12(17)15-11-5-6-16(13(11)18)10-4-2-3-9(14)7-10/h2-4,7,11H,5-6,8H2,1H3,(H,15,17). The summed E-state index contributed by atoms with van der Waals surface area (Å²) in [5.74, 6) is 0.205. The SMILES string of the molecule is CSCC(=O)NC1CCN(c2cccc(Cl)c2)C1=O. The second kappa shape index (κ2) is 6.30. The summed E-state index contributed by atoms with van der Waals surface area (Å²) in [6.45, 7) is 0.601. The molecule has 0 aromatic heterocycles. The first-order chi connectivity index (χ1) is 9.11. The third-order valence-corrected chi connectivity index (χ3v) is 3.72. The molecule has 1 atom stereocenters. The molecule has 0 spiro atoms.